The summed E-state index contributed by atoms with van der Waals surface area (Å²) in [6, 6.07) is 14.8. The van der Waals surface area contributed by atoms with Crippen LogP contribution < -0.4 is 10.2 Å². The van der Waals surface area contributed by atoms with Crippen LogP contribution in [0.15, 0.2) is 52.9 Å². The van der Waals surface area contributed by atoms with Crippen LogP contribution in [0.25, 0.3) is 11.1 Å². The number of carbonyl (C=O) groups excluding carboxylic acids is 3. The summed E-state index contributed by atoms with van der Waals surface area (Å²) in [6.45, 7) is 6.01. The van der Waals surface area contributed by atoms with E-state index in [0.29, 0.717) is 56.3 Å². The summed E-state index contributed by atoms with van der Waals surface area (Å²) in [5, 5.41) is 2.69. The Morgan fingerprint density at radius 1 is 1.06 bits per heavy atom. The molecule has 9 nitrogen and oxygen atoms in total. The number of piperidine rings is 1. The minimum absolute atomic E-state index is 0.0519. The lowest BCUT2D eigenvalue weighted by atomic mass is 9.97. The van der Waals surface area contributed by atoms with E-state index < -0.39 is 5.91 Å². The van der Waals surface area contributed by atoms with Crippen molar-refractivity contribution in [3.63, 3.8) is 0 Å². The number of amides is 2. The lowest BCUT2D eigenvalue weighted by Gasteiger charge is -2.29. The van der Waals surface area contributed by atoms with Crippen LogP contribution in [0.3, 0.4) is 0 Å². The van der Waals surface area contributed by atoms with E-state index in [-0.39, 0.29) is 24.4 Å². The minimum Gasteiger partial charge on any atom is -0.455 e. The highest BCUT2D eigenvalue weighted by Crippen LogP contribution is 2.26. The summed E-state index contributed by atoms with van der Waals surface area (Å²) >= 11 is 0. The van der Waals surface area contributed by atoms with Gasteiger partial charge in [-0.2, -0.15) is 4.98 Å². The van der Waals surface area contributed by atoms with Gasteiger partial charge in [0.25, 0.3) is 17.8 Å². The predicted octanol–water partition coefficient (Wildman–Crippen LogP) is 3.71. The number of hydrogen-bond donors (Lipinski definition) is 1. The predicted molar refractivity (Wildman–Crippen MR) is 132 cm³/mol. The molecule has 4 rings (SSSR count). The Kier molecular flexibility index (Phi) is 7.64. The van der Waals surface area contributed by atoms with Crippen molar-refractivity contribution in [3.8, 4) is 0 Å². The first-order valence-corrected chi connectivity index (χ1v) is 11.9. The number of nitrogens with one attached hydrogen (secondary N) is 1. The van der Waals surface area contributed by atoms with Crippen LogP contribution in [0.1, 0.15) is 37.0 Å². The third-order valence-corrected chi connectivity index (χ3v) is 6.19. The van der Waals surface area contributed by atoms with Crippen molar-refractivity contribution in [1.82, 2.24) is 9.88 Å². The van der Waals surface area contributed by atoms with Crippen molar-refractivity contribution in [1.29, 1.82) is 0 Å². The molecule has 1 N–H and O–H groups in total. The first kappa shape index (κ1) is 24.3. The number of benzene rings is 2. The molecule has 2 aromatic carbocycles. The van der Waals surface area contributed by atoms with Crippen LogP contribution in [-0.2, 0) is 14.3 Å². The van der Waals surface area contributed by atoms with Crippen LogP contribution in [0.4, 0.5) is 11.7 Å². The van der Waals surface area contributed by atoms with Gasteiger partial charge in [-0.1, -0.05) is 12.1 Å². The molecule has 1 aromatic heterocycles. The Bertz CT molecular complexity index is 1140. The van der Waals surface area contributed by atoms with Crippen molar-refractivity contribution in [2.45, 2.75) is 26.7 Å². The van der Waals surface area contributed by atoms with Gasteiger partial charge in [-0.25, -0.2) is 0 Å². The number of fused-ring (bicyclic) bond motifs is 1. The van der Waals surface area contributed by atoms with E-state index in [9.17, 15) is 14.4 Å². The smallest absolute Gasteiger partial charge is 0.309 e. The molecule has 0 atom stereocenters. The fourth-order valence-corrected chi connectivity index (χ4v) is 4.14. The van der Waals surface area contributed by atoms with E-state index in [1.807, 2.05) is 43.0 Å². The van der Waals surface area contributed by atoms with Crippen LogP contribution in [0.2, 0.25) is 0 Å². The van der Waals surface area contributed by atoms with E-state index in [1.54, 1.807) is 29.2 Å². The molecule has 0 radical (unpaired) electrons. The van der Waals surface area contributed by atoms with Crippen molar-refractivity contribution >= 4 is 40.6 Å². The molecular weight excluding hydrogens is 448 g/mol. The third kappa shape index (κ3) is 5.79. The van der Waals surface area contributed by atoms with Gasteiger partial charge in [-0.15, -0.1) is 0 Å². The zero-order chi connectivity index (χ0) is 24.8. The second-order valence-corrected chi connectivity index (χ2v) is 8.44. The molecule has 1 aliphatic heterocycles. The molecule has 184 valence electrons. The first-order valence-electron chi connectivity index (χ1n) is 11.9. The quantitative estimate of drug-likeness (QED) is 0.492. The standard InChI is InChI=1S/C26H30N4O5/c1-3-29(4-2)24(32)18-9-11-20(12-10-18)27-23(31)17-34-25(33)19-13-15-30(16-14-19)26-28-21-7-5-6-8-22(21)35-26/h5-12,19H,3-4,13-17H2,1-2H3,(H,27,31). The maximum absolute atomic E-state index is 12.5. The van der Waals surface area contributed by atoms with Crippen LogP contribution in [0, 0.1) is 5.92 Å². The van der Waals surface area contributed by atoms with Gasteiger partial charge in [0.15, 0.2) is 12.2 Å². The van der Waals surface area contributed by atoms with Crippen LogP contribution in [0.5, 0.6) is 0 Å². The van der Waals surface area contributed by atoms with E-state index in [1.165, 1.54) is 0 Å². The number of hydrogen-bond acceptors (Lipinski definition) is 7. The molecule has 1 fully saturated rings. The number of para-hydroxylation sites is 2. The molecule has 0 saturated carbocycles. The number of ether oxygens (including phenoxy) is 1. The fourth-order valence-electron chi connectivity index (χ4n) is 4.14. The molecular formula is C26H30N4O5. The van der Waals surface area contributed by atoms with Crippen LogP contribution in [-0.4, -0.2) is 60.5 Å². The molecule has 2 amide bonds. The highest BCUT2D eigenvalue weighted by Gasteiger charge is 2.28. The Balaban J connectivity index is 1.21. The summed E-state index contributed by atoms with van der Waals surface area (Å²) in [7, 11) is 0. The van der Waals surface area contributed by atoms with Gasteiger partial charge in [0.1, 0.15) is 5.52 Å². The van der Waals surface area contributed by atoms with E-state index in [4.69, 9.17) is 9.15 Å². The summed E-state index contributed by atoms with van der Waals surface area (Å²) in [6.07, 6.45) is 1.20. The zero-order valence-corrected chi connectivity index (χ0v) is 20.0. The lowest BCUT2D eigenvalue weighted by Crippen LogP contribution is -2.37. The third-order valence-electron chi connectivity index (χ3n) is 6.19. The van der Waals surface area contributed by atoms with Gasteiger partial charge in [-0.3, -0.25) is 14.4 Å². The van der Waals surface area contributed by atoms with Gasteiger partial charge in [-0.05, 0) is 63.1 Å². The van der Waals surface area contributed by atoms with Gasteiger partial charge >= 0.3 is 5.97 Å². The largest absolute Gasteiger partial charge is 0.455 e. The molecule has 0 unspecified atom stereocenters. The summed E-state index contributed by atoms with van der Waals surface area (Å²) in [4.78, 5) is 45.4. The number of nitrogens with zero attached hydrogens (tertiary/aromatic N) is 3. The van der Waals surface area contributed by atoms with Crippen LogP contribution >= 0.6 is 0 Å². The van der Waals surface area contributed by atoms with E-state index in [0.717, 1.165) is 11.1 Å². The van der Waals surface area contributed by atoms with E-state index >= 15 is 0 Å². The monoisotopic (exact) mass is 478 g/mol. The van der Waals surface area contributed by atoms with Gasteiger partial charge in [0, 0.05) is 37.4 Å². The highest BCUT2D eigenvalue weighted by atomic mass is 16.5. The number of esters is 1. The molecule has 35 heavy (non-hydrogen) atoms. The first-order chi connectivity index (χ1) is 17.0. The Morgan fingerprint density at radius 2 is 1.74 bits per heavy atom. The lowest BCUT2D eigenvalue weighted by molar-refractivity contribution is -0.152. The summed E-state index contributed by atoms with van der Waals surface area (Å²) < 4.78 is 11.1. The van der Waals surface area contributed by atoms with Crippen molar-refractivity contribution in [2.24, 2.45) is 5.92 Å². The number of anilines is 2. The molecule has 2 heterocycles. The molecule has 0 bridgehead atoms. The molecule has 9 heteroatoms. The number of oxazole rings is 1. The average molecular weight is 479 g/mol. The fraction of sp³-hybridized carbons (Fsp3) is 0.385. The SMILES string of the molecule is CCN(CC)C(=O)c1ccc(NC(=O)COC(=O)C2CCN(c3nc4ccccc4o3)CC2)cc1. The average Bonchev–Trinajstić information content (AvgIpc) is 3.33. The topological polar surface area (TPSA) is 105 Å². The maximum atomic E-state index is 12.5. The normalized spacial score (nSPS) is 14.1. The van der Waals surface area contributed by atoms with Crippen molar-refractivity contribution in [2.75, 3.05) is 43.0 Å². The molecule has 0 aliphatic carbocycles. The molecule has 0 spiro atoms. The van der Waals surface area contributed by atoms with Gasteiger partial charge in [0.2, 0.25) is 0 Å². The zero-order valence-electron chi connectivity index (χ0n) is 20.0. The van der Waals surface area contributed by atoms with Crippen molar-refractivity contribution < 1.29 is 23.5 Å². The molecule has 1 saturated heterocycles. The van der Waals surface area contributed by atoms with Gasteiger partial charge < -0.3 is 24.3 Å². The summed E-state index contributed by atoms with van der Waals surface area (Å²) in [5.41, 5.74) is 2.64. The Labute approximate surface area is 204 Å². The van der Waals surface area contributed by atoms with Crippen molar-refractivity contribution in [3.05, 3.63) is 54.1 Å². The highest BCUT2D eigenvalue weighted by molar-refractivity contribution is 5.96. The minimum atomic E-state index is -0.426. The number of rotatable bonds is 8. The number of aromatic nitrogens is 1. The number of carbonyl (C=O) groups is 3. The summed E-state index contributed by atoms with van der Waals surface area (Å²) in [5.74, 6) is -1.12. The molecule has 3 aromatic rings. The molecule has 1 aliphatic rings. The Morgan fingerprint density at radius 3 is 2.40 bits per heavy atom. The van der Waals surface area contributed by atoms with Gasteiger partial charge in [0.05, 0.1) is 5.92 Å². The second-order valence-electron chi connectivity index (χ2n) is 8.44. The Hall–Kier alpha value is -3.88. The second kappa shape index (κ2) is 11.0. The van der Waals surface area contributed by atoms with E-state index in [2.05, 4.69) is 10.3 Å². The maximum Gasteiger partial charge on any atom is 0.309 e.